The Bertz CT molecular complexity index is 322. The minimum absolute atomic E-state index is 0.228. The Hall–Kier alpha value is -1.33. The van der Waals surface area contributed by atoms with Gasteiger partial charge in [-0.2, -0.15) is 4.98 Å². The fourth-order valence-corrected chi connectivity index (χ4v) is 1.14. The molecule has 0 aliphatic carbocycles. The first kappa shape index (κ1) is 8.28. The second-order valence-corrected chi connectivity index (χ2v) is 2.75. The maximum atomic E-state index is 9.28. The summed E-state index contributed by atoms with van der Waals surface area (Å²) in [5, 5.41) is 18.2. The highest BCUT2D eigenvalue weighted by Crippen LogP contribution is 2.35. The number of pyridine rings is 1. The first-order valence-electron chi connectivity index (χ1n) is 3.86. The van der Waals surface area contributed by atoms with Crippen LogP contribution in [0.5, 0.6) is 11.8 Å². The highest BCUT2D eigenvalue weighted by molar-refractivity contribution is 5.30. The lowest BCUT2D eigenvalue weighted by Gasteiger charge is -2.33. The van der Waals surface area contributed by atoms with Gasteiger partial charge in [0.05, 0.1) is 5.56 Å². The van der Waals surface area contributed by atoms with E-state index in [1.807, 2.05) is 0 Å². The van der Waals surface area contributed by atoms with Crippen molar-refractivity contribution in [1.82, 2.24) is 4.98 Å². The van der Waals surface area contributed by atoms with E-state index in [0.29, 0.717) is 5.56 Å². The standard InChI is InChI=1S/C8H9NO4/c1-4-12-8(13-4)5-2-3-6(10)9-7(5)11/h2-4,8H,1H3,(H2,9,10,11). The molecule has 5 heteroatoms. The van der Waals surface area contributed by atoms with Crippen LogP contribution in [0.1, 0.15) is 18.8 Å². The van der Waals surface area contributed by atoms with Crippen LogP contribution in [0.25, 0.3) is 0 Å². The Morgan fingerprint density at radius 2 is 2.00 bits per heavy atom. The molecule has 70 valence electrons. The van der Waals surface area contributed by atoms with E-state index in [2.05, 4.69) is 4.98 Å². The summed E-state index contributed by atoms with van der Waals surface area (Å²) in [6, 6.07) is 2.87. The van der Waals surface area contributed by atoms with Crippen molar-refractivity contribution in [3.05, 3.63) is 17.7 Å². The topological polar surface area (TPSA) is 71.8 Å². The molecule has 5 nitrogen and oxygen atoms in total. The van der Waals surface area contributed by atoms with Gasteiger partial charge in [-0.1, -0.05) is 0 Å². The zero-order valence-electron chi connectivity index (χ0n) is 6.97. The van der Waals surface area contributed by atoms with E-state index in [-0.39, 0.29) is 18.1 Å². The Kier molecular flexibility index (Phi) is 1.82. The summed E-state index contributed by atoms with van der Waals surface area (Å²) in [5.74, 6) is -0.495. The third-order valence-electron chi connectivity index (χ3n) is 1.78. The molecule has 0 saturated carbocycles. The molecule has 0 bridgehead atoms. The lowest BCUT2D eigenvalue weighted by Crippen LogP contribution is -2.31. The van der Waals surface area contributed by atoms with Crippen LogP contribution in [-0.2, 0) is 9.47 Å². The van der Waals surface area contributed by atoms with Crippen LogP contribution in [0.3, 0.4) is 0 Å². The van der Waals surface area contributed by atoms with E-state index in [1.165, 1.54) is 12.1 Å². The van der Waals surface area contributed by atoms with Crippen LogP contribution < -0.4 is 0 Å². The lowest BCUT2D eigenvalue weighted by molar-refractivity contribution is -0.383. The molecule has 0 aromatic carbocycles. The van der Waals surface area contributed by atoms with Crippen LogP contribution in [0.2, 0.25) is 0 Å². The molecule has 2 rings (SSSR count). The van der Waals surface area contributed by atoms with E-state index < -0.39 is 6.29 Å². The van der Waals surface area contributed by atoms with Gasteiger partial charge in [0, 0.05) is 6.07 Å². The van der Waals surface area contributed by atoms with Gasteiger partial charge < -0.3 is 19.7 Å². The fraction of sp³-hybridized carbons (Fsp3) is 0.375. The first-order chi connectivity index (χ1) is 6.16. The Balaban J connectivity index is 2.21. The van der Waals surface area contributed by atoms with E-state index in [9.17, 15) is 5.11 Å². The monoisotopic (exact) mass is 183 g/mol. The number of rotatable bonds is 1. The van der Waals surface area contributed by atoms with Gasteiger partial charge >= 0.3 is 0 Å². The molecular formula is C8H9NO4. The Labute approximate surface area is 74.6 Å². The van der Waals surface area contributed by atoms with Gasteiger partial charge in [0.2, 0.25) is 11.8 Å². The van der Waals surface area contributed by atoms with E-state index in [1.54, 1.807) is 6.92 Å². The molecule has 0 spiro atoms. The summed E-state index contributed by atoms with van der Waals surface area (Å²) < 4.78 is 10.3. The zero-order valence-corrected chi connectivity index (χ0v) is 6.97. The van der Waals surface area contributed by atoms with Crippen molar-refractivity contribution in [1.29, 1.82) is 0 Å². The minimum Gasteiger partial charge on any atom is -0.493 e. The molecule has 1 aliphatic rings. The molecule has 1 saturated heterocycles. The van der Waals surface area contributed by atoms with Crippen molar-refractivity contribution >= 4 is 0 Å². The van der Waals surface area contributed by atoms with E-state index in [4.69, 9.17) is 14.6 Å². The van der Waals surface area contributed by atoms with Crippen molar-refractivity contribution < 1.29 is 19.7 Å². The Morgan fingerprint density at radius 3 is 2.54 bits per heavy atom. The number of hydrogen-bond donors (Lipinski definition) is 2. The maximum absolute atomic E-state index is 9.28. The van der Waals surface area contributed by atoms with Crippen molar-refractivity contribution in [2.75, 3.05) is 0 Å². The van der Waals surface area contributed by atoms with Crippen LogP contribution in [0, 0.1) is 0 Å². The number of hydrogen-bond acceptors (Lipinski definition) is 5. The van der Waals surface area contributed by atoms with Gasteiger partial charge in [0.15, 0.2) is 12.6 Å². The van der Waals surface area contributed by atoms with E-state index >= 15 is 0 Å². The highest BCUT2D eigenvalue weighted by Gasteiger charge is 2.31. The number of aromatic nitrogens is 1. The van der Waals surface area contributed by atoms with Crippen molar-refractivity contribution in [2.45, 2.75) is 19.5 Å². The largest absolute Gasteiger partial charge is 0.493 e. The third kappa shape index (κ3) is 1.43. The van der Waals surface area contributed by atoms with E-state index in [0.717, 1.165) is 0 Å². The van der Waals surface area contributed by atoms with Crippen LogP contribution >= 0.6 is 0 Å². The molecular weight excluding hydrogens is 174 g/mol. The molecule has 0 amide bonds. The predicted octanol–water partition coefficient (Wildman–Crippen LogP) is 0.884. The highest BCUT2D eigenvalue weighted by atomic mass is 16.9. The van der Waals surface area contributed by atoms with Crippen LogP contribution in [-0.4, -0.2) is 21.5 Å². The third-order valence-corrected chi connectivity index (χ3v) is 1.78. The molecule has 1 aromatic rings. The normalized spacial score (nSPS) is 26.8. The summed E-state index contributed by atoms with van der Waals surface area (Å²) in [5.41, 5.74) is 0.427. The van der Waals surface area contributed by atoms with Crippen LogP contribution in [0.15, 0.2) is 12.1 Å². The average molecular weight is 183 g/mol. The molecule has 1 fully saturated rings. The van der Waals surface area contributed by atoms with Gasteiger partial charge in [0.25, 0.3) is 0 Å². The summed E-state index contributed by atoms with van der Waals surface area (Å²) >= 11 is 0. The van der Waals surface area contributed by atoms with Crippen molar-refractivity contribution in [3.8, 4) is 11.8 Å². The second-order valence-electron chi connectivity index (χ2n) is 2.75. The summed E-state index contributed by atoms with van der Waals surface area (Å²) in [6.07, 6.45) is -0.818. The van der Waals surface area contributed by atoms with Crippen molar-refractivity contribution in [2.24, 2.45) is 0 Å². The second kappa shape index (κ2) is 2.86. The summed E-state index contributed by atoms with van der Waals surface area (Å²) in [4.78, 5) is 3.45. The molecule has 0 radical (unpaired) electrons. The zero-order chi connectivity index (χ0) is 9.42. The van der Waals surface area contributed by atoms with Gasteiger partial charge in [-0.15, -0.1) is 0 Å². The first-order valence-corrected chi connectivity index (χ1v) is 3.86. The smallest absolute Gasteiger partial charge is 0.222 e. The molecule has 2 N–H and O–H groups in total. The van der Waals surface area contributed by atoms with Crippen LogP contribution in [0.4, 0.5) is 0 Å². The van der Waals surface area contributed by atoms with Gasteiger partial charge in [-0.05, 0) is 13.0 Å². The number of nitrogens with zero attached hydrogens (tertiary/aromatic N) is 1. The average Bonchev–Trinajstić information content (AvgIpc) is 2.00. The fourth-order valence-electron chi connectivity index (χ4n) is 1.14. The Morgan fingerprint density at radius 1 is 1.31 bits per heavy atom. The molecule has 0 unspecified atom stereocenters. The minimum atomic E-state index is -0.567. The van der Waals surface area contributed by atoms with Gasteiger partial charge in [-0.25, -0.2) is 0 Å². The summed E-state index contributed by atoms with van der Waals surface area (Å²) in [7, 11) is 0. The molecule has 1 aliphatic heterocycles. The molecule has 13 heavy (non-hydrogen) atoms. The molecule has 2 heterocycles. The number of ether oxygens (including phenoxy) is 2. The molecule has 1 aromatic heterocycles. The van der Waals surface area contributed by atoms with Gasteiger partial charge in [0.1, 0.15) is 0 Å². The summed E-state index contributed by atoms with van der Waals surface area (Å²) in [6.45, 7) is 1.75. The molecule has 0 atom stereocenters. The number of aromatic hydroxyl groups is 2. The maximum Gasteiger partial charge on any atom is 0.222 e. The lowest BCUT2D eigenvalue weighted by atomic mass is 10.2. The quantitative estimate of drug-likeness (QED) is 0.676. The van der Waals surface area contributed by atoms with Crippen molar-refractivity contribution in [3.63, 3.8) is 0 Å². The predicted molar refractivity (Wildman–Crippen MR) is 41.9 cm³/mol. The van der Waals surface area contributed by atoms with Gasteiger partial charge in [-0.3, -0.25) is 0 Å². The SMILES string of the molecule is CC1OC(c2ccc(O)nc2O)O1.